The summed E-state index contributed by atoms with van der Waals surface area (Å²) in [5.74, 6) is 0. The van der Waals surface area contributed by atoms with Gasteiger partial charge in [0.25, 0.3) is 0 Å². The van der Waals surface area contributed by atoms with Gasteiger partial charge >= 0.3 is 0 Å². The molecule has 2 aromatic rings. The lowest BCUT2D eigenvalue weighted by atomic mass is 10.0. The van der Waals surface area contributed by atoms with Crippen LogP contribution in [0.15, 0.2) is 53.0 Å². The molecule has 1 atom stereocenters. The Morgan fingerprint density at radius 2 is 1.89 bits per heavy atom. The predicted octanol–water partition coefficient (Wildman–Crippen LogP) is 3.60. The highest BCUT2D eigenvalue weighted by molar-refractivity contribution is 9.10. The van der Waals surface area contributed by atoms with E-state index in [1.54, 1.807) is 24.3 Å². The van der Waals surface area contributed by atoms with Gasteiger partial charge in [0, 0.05) is 10.9 Å². The first-order valence-corrected chi connectivity index (χ1v) is 6.41. The first-order chi connectivity index (χ1) is 8.69. The monoisotopic (exact) mass is 301 g/mol. The molecule has 0 spiro atoms. The van der Waals surface area contributed by atoms with Crippen LogP contribution >= 0.6 is 15.9 Å². The Kier molecular flexibility index (Phi) is 4.14. The highest BCUT2D eigenvalue weighted by Crippen LogP contribution is 2.20. The predicted molar refractivity (Wildman–Crippen MR) is 74.0 cm³/mol. The number of nitriles is 1. The number of aliphatic hydroxyl groups is 1. The van der Waals surface area contributed by atoms with Crippen LogP contribution in [0.5, 0.6) is 0 Å². The molecule has 0 bridgehead atoms. The Hall–Kier alpha value is -1.63. The van der Waals surface area contributed by atoms with Gasteiger partial charge in [0.05, 0.1) is 17.7 Å². The van der Waals surface area contributed by atoms with E-state index in [2.05, 4.69) is 22.0 Å². The standard InChI is InChI=1S/C15H12BrNO/c16-14-3-1-2-12(8-14)9-15(18)13-6-4-11(10-17)5-7-13/h1-8,15,18H,9H2. The molecule has 1 unspecified atom stereocenters. The van der Waals surface area contributed by atoms with Gasteiger partial charge in [0.2, 0.25) is 0 Å². The molecule has 0 saturated heterocycles. The molecule has 0 aliphatic carbocycles. The Bertz CT molecular complexity index is 572. The summed E-state index contributed by atoms with van der Waals surface area (Å²) in [5.41, 5.74) is 2.50. The summed E-state index contributed by atoms with van der Waals surface area (Å²) in [5, 5.41) is 18.8. The lowest BCUT2D eigenvalue weighted by Crippen LogP contribution is -2.01. The second kappa shape index (κ2) is 5.81. The van der Waals surface area contributed by atoms with E-state index in [0.29, 0.717) is 12.0 Å². The fourth-order valence-corrected chi connectivity index (χ4v) is 2.23. The summed E-state index contributed by atoms with van der Waals surface area (Å²) in [6.07, 6.45) is 0.0118. The average molecular weight is 302 g/mol. The Morgan fingerprint density at radius 1 is 1.17 bits per heavy atom. The minimum atomic E-state index is -0.549. The number of hydrogen-bond donors (Lipinski definition) is 1. The van der Waals surface area contributed by atoms with Gasteiger partial charge in [-0.05, 0) is 35.4 Å². The van der Waals surface area contributed by atoms with Gasteiger partial charge in [0.1, 0.15) is 0 Å². The van der Waals surface area contributed by atoms with Crippen LogP contribution in [0.4, 0.5) is 0 Å². The minimum absolute atomic E-state index is 0.549. The molecular formula is C15H12BrNO. The summed E-state index contributed by atoms with van der Waals surface area (Å²) in [7, 11) is 0. The Morgan fingerprint density at radius 3 is 2.50 bits per heavy atom. The number of halogens is 1. The van der Waals surface area contributed by atoms with E-state index in [1.807, 2.05) is 24.3 Å². The van der Waals surface area contributed by atoms with E-state index in [-0.39, 0.29) is 0 Å². The molecule has 0 aliphatic heterocycles. The Labute approximate surface area is 115 Å². The van der Waals surface area contributed by atoms with E-state index in [0.717, 1.165) is 15.6 Å². The topological polar surface area (TPSA) is 44.0 Å². The first kappa shape index (κ1) is 12.8. The highest BCUT2D eigenvalue weighted by atomic mass is 79.9. The first-order valence-electron chi connectivity index (χ1n) is 5.61. The molecule has 2 aromatic carbocycles. The molecule has 0 amide bonds. The van der Waals surface area contributed by atoms with Crippen molar-refractivity contribution in [2.24, 2.45) is 0 Å². The van der Waals surface area contributed by atoms with Crippen molar-refractivity contribution in [2.45, 2.75) is 12.5 Å². The van der Waals surface area contributed by atoms with Crippen LogP contribution in [0.3, 0.4) is 0 Å². The zero-order valence-corrected chi connectivity index (χ0v) is 11.3. The van der Waals surface area contributed by atoms with Gasteiger partial charge in [-0.2, -0.15) is 5.26 Å². The van der Waals surface area contributed by atoms with Crippen LogP contribution in [-0.2, 0) is 6.42 Å². The van der Waals surface area contributed by atoms with Gasteiger partial charge < -0.3 is 5.11 Å². The van der Waals surface area contributed by atoms with Crippen molar-refractivity contribution in [3.05, 3.63) is 69.7 Å². The third-order valence-corrected chi connectivity index (χ3v) is 3.24. The van der Waals surface area contributed by atoms with Crippen LogP contribution in [0.2, 0.25) is 0 Å². The molecule has 2 rings (SSSR count). The number of rotatable bonds is 3. The average Bonchev–Trinajstić information content (AvgIpc) is 2.39. The summed E-state index contributed by atoms with van der Waals surface area (Å²) in [6, 6.07) is 17.0. The molecule has 0 saturated carbocycles. The SMILES string of the molecule is N#Cc1ccc(C(O)Cc2cccc(Br)c2)cc1. The van der Waals surface area contributed by atoms with Crippen molar-refractivity contribution in [2.75, 3.05) is 0 Å². The van der Waals surface area contributed by atoms with Crippen LogP contribution < -0.4 is 0 Å². The second-order valence-corrected chi connectivity index (χ2v) is 5.00. The summed E-state index contributed by atoms with van der Waals surface area (Å²) in [4.78, 5) is 0. The number of aliphatic hydroxyl groups excluding tert-OH is 1. The normalized spacial score (nSPS) is 11.8. The maximum absolute atomic E-state index is 10.1. The summed E-state index contributed by atoms with van der Waals surface area (Å²) >= 11 is 3.41. The lowest BCUT2D eigenvalue weighted by Gasteiger charge is -2.11. The third kappa shape index (κ3) is 3.19. The van der Waals surface area contributed by atoms with Gasteiger partial charge in [-0.3, -0.25) is 0 Å². The fraction of sp³-hybridized carbons (Fsp3) is 0.133. The second-order valence-electron chi connectivity index (χ2n) is 4.08. The molecule has 0 aromatic heterocycles. The Balaban J connectivity index is 2.12. The van der Waals surface area contributed by atoms with Crippen molar-refractivity contribution < 1.29 is 5.11 Å². The lowest BCUT2D eigenvalue weighted by molar-refractivity contribution is 0.178. The molecule has 90 valence electrons. The molecule has 0 fully saturated rings. The molecule has 1 N–H and O–H groups in total. The molecule has 0 aliphatic rings. The van der Waals surface area contributed by atoms with E-state index in [4.69, 9.17) is 5.26 Å². The van der Waals surface area contributed by atoms with Crippen molar-refractivity contribution >= 4 is 15.9 Å². The smallest absolute Gasteiger partial charge is 0.0991 e. The van der Waals surface area contributed by atoms with Crippen LogP contribution in [0.1, 0.15) is 22.8 Å². The van der Waals surface area contributed by atoms with Gasteiger partial charge in [-0.25, -0.2) is 0 Å². The fourth-order valence-electron chi connectivity index (χ4n) is 1.78. The van der Waals surface area contributed by atoms with Gasteiger partial charge in [-0.15, -0.1) is 0 Å². The molecule has 18 heavy (non-hydrogen) atoms. The number of benzene rings is 2. The van der Waals surface area contributed by atoms with E-state index < -0.39 is 6.10 Å². The molecule has 0 heterocycles. The van der Waals surface area contributed by atoms with Crippen LogP contribution in [0.25, 0.3) is 0 Å². The molecule has 0 radical (unpaired) electrons. The third-order valence-electron chi connectivity index (χ3n) is 2.74. The van der Waals surface area contributed by atoms with Crippen molar-refractivity contribution in [1.29, 1.82) is 5.26 Å². The molecule has 3 heteroatoms. The van der Waals surface area contributed by atoms with E-state index in [9.17, 15) is 5.11 Å². The van der Waals surface area contributed by atoms with E-state index in [1.165, 1.54) is 0 Å². The number of nitrogens with zero attached hydrogens (tertiary/aromatic N) is 1. The van der Waals surface area contributed by atoms with Crippen LogP contribution in [-0.4, -0.2) is 5.11 Å². The van der Waals surface area contributed by atoms with Crippen LogP contribution in [0, 0.1) is 11.3 Å². The zero-order chi connectivity index (χ0) is 13.0. The van der Waals surface area contributed by atoms with Crippen molar-refractivity contribution in [3.63, 3.8) is 0 Å². The largest absolute Gasteiger partial charge is 0.388 e. The van der Waals surface area contributed by atoms with Crippen molar-refractivity contribution in [1.82, 2.24) is 0 Å². The maximum atomic E-state index is 10.1. The quantitative estimate of drug-likeness (QED) is 0.941. The molecule has 2 nitrogen and oxygen atoms in total. The number of hydrogen-bond acceptors (Lipinski definition) is 2. The maximum Gasteiger partial charge on any atom is 0.0991 e. The zero-order valence-electron chi connectivity index (χ0n) is 9.68. The van der Waals surface area contributed by atoms with Gasteiger partial charge in [-0.1, -0.05) is 40.2 Å². The summed E-state index contributed by atoms with van der Waals surface area (Å²) in [6.45, 7) is 0. The molecular weight excluding hydrogens is 290 g/mol. The van der Waals surface area contributed by atoms with E-state index >= 15 is 0 Å². The highest BCUT2D eigenvalue weighted by Gasteiger charge is 2.08. The van der Waals surface area contributed by atoms with Crippen molar-refractivity contribution in [3.8, 4) is 6.07 Å². The van der Waals surface area contributed by atoms with Gasteiger partial charge in [0.15, 0.2) is 0 Å². The minimum Gasteiger partial charge on any atom is -0.388 e. The summed E-state index contributed by atoms with van der Waals surface area (Å²) < 4.78 is 1.01.